The van der Waals surface area contributed by atoms with Gasteiger partial charge >= 0.3 is 5.97 Å². The molecule has 1 aliphatic heterocycles. The zero-order valence-electron chi connectivity index (χ0n) is 10.4. The Kier molecular flexibility index (Phi) is 4.42. The maximum absolute atomic E-state index is 12.6. The second kappa shape index (κ2) is 5.88. The third-order valence-corrected chi connectivity index (χ3v) is 4.94. The van der Waals surface area contributed by atoms with Gasteiger partial charge in [0.25, 0.3) is 5.91 Å². The summed E-state index contributed by atoms with van der Waals surface area (Å²) in [5, 5.41) is 9.15. The van der Waals surface area contributed by atoms with Crippen molar-refractivity contribution >= 4 is 36.3 Å². The predicted molar refractivity (Wildman–Crippen MR) is 77.8 cm³/mol. The summed E-state index contributed by atoms with van der Waals surface area (Å²) >= 11 is 5.78. The highest BCUT2D eigenvalue weighted by atomic mass is 32.2. The second-order valence-corrected chi connectivity index (χ2v) is 5.97. The van der Waals surface area contributed by atoms with Gasteiger partial charge in [0, 0.05) is 10.6 Å². The Hall–Kier alpha value is -1.14. The third-order valence-electron chi connectivity index (χ3n) is 3.10. The van der Waals surface area contributed by atoms with Crippen molar-refractivity contribution < 1.29 is 14.7 Å². The minimum Gasteiger partial charge on any atom is -0.480 e. The Morgan fingerprint density at radius 3 is 2.74 bits per heavy atom. The monoisotopic (exact) mass is 297 g/mol. The van der Waals surface area contributed by atoms with Gasteiger partial charge in [0.15, 0.2) is 0 Å². The molecule has 1 aromatic rings. The van der Waals surface area contributed by atoms with E-state index in [2.05, 4.69) is 12.6 Å². The Bertz CT molecular complexity index is 506. The Morgan fingerprint density at radius 1 is 1.47 bits per heavy atom. The van der Waals surface area contributed by atoms with Gasteiger partial charge in [0.2, 0.25) is 0 Å². The van der Waals surface area contributed by atoms with Gasteiger partial charge in [-0.05, 0) is 18.6 Å². The number of hydrogen-bond acceptors (Lipinski definition) is 4. The molecule has 0 unspecified atom stereocenters. The molecular weight excluding hydrogens is 282 g/mol. The van der Waals surface area contributed by atoms with Crippen LogP contribution in [0, 0.1) is 0 Å². The molecule has 19 heavy (non-hydrogen) atoms. The summed E-state index contributed by atoms with van der Waals surface area (Å²) in [6, 6.07) is 6.21. The topological polar surface area (TPSA) is 57.6 Å². The standard InChI is InChI=1S/C13H15NO3S2/c1-2-11-14(9(7-19-11)13(16)17)12(15)8-5-3-4-6-10(8)18/h3-6,9,11,18H,2,7H2,1H3,(H,16,17)/t9-,11+/m0/s1. The first-order valence-electron chi connectivity index (χ1n) is 6.01. The van der Waals surface area contributed by atoms with Crippen molar-refractivity contribution in [3.8, 4) is 0 Å². The Labute approximate surface area is 121 Å². The molecule has 0 saturated carbocycles. The molecule has 2 atom stereocenters. The van der Waals surface area contributed by atoms with Crippen LogP contribution in [0.15, 0.2) is 29.2 Å². The molecule has 1 fully saturated rings. The van der Waals surface area contributed by atoms with Crippen LogP contribution in [-0.2, 0) is 4.79 Å². The molecule has 102 valence electrons. The van der Waals surface area contributed by atoms with E-state index < -0.39 is 12.0 Å². The molecule has 0 aliphatic carbocycles. The number of rotatable bonds is 3. The number of thioether (sulfide) groups is 1. The molecule has 1 N–H and O–H groups in total. The average molecular weight is 297 g/mol. The number of aliphatic carboxylic acids is 1. The van der Waals surface area contributed by atoms with E-state index in [1.807, 2.05) is 6.92 Å². The largest absolute Gasteiger partial charge is 0.480 e. The minimum atomic E-state index is -0.951. The van der Waals surface area contributed by atoms with Crippen molar-refractivity contribution in [3.05, 3.63) is 29.8 Å². The molecule has 0 bridgehead atoms. The van der Waals surface area contributed by atoms with Crippen molar-refractivity contribution in [3.63, 3.8) is 0 Å². The van der Waals surface area contributed by atoms with Crippen LogP contribution < -0.4 is 0 Å². The van der Waals surface area contributed by atoms with Gasteiger partial charge in [-0.25, -0.2) is 4.79 Å². The van der Waals surface area contributed by atoms with Gasteiger partial charge in [-0.3, -0.25) is 4.79 Å². The molecular formula is C13H15NO3S2. The summed E-state index contributed by atoms with van der Waals surface area (Å²) in [4.78, 5) is 25.9. The fraction of sp³-hybridized carbons (Fsp3) is 0.385. The van der Waals surface area contributed by atoms with E-state index in [1.165, 1.54) is 16.7 Å². The predicted octanol–water partition coefficient (Wildman–Crippen LogP) is 2.35. The molecule has 4 nitrogen and oxygen atoms in total. The first-order valence-corrected chi connectivity index (χ1v) is 7.51. The number of amides is 1. The average Bonchev–Trinajstić information content (AvgIpc) is 2.82. The lowest BCUT2D eigenvalue weighted by atomic mass is 10.1. The van der Waals surface area contributed by atoms with E-state index in [1.54, 1.807) is 24.3 Å². The van der Waals surface area contributed by atoms with E-state index >= 15 is 0 Å². The highest BCUT2D eigenvalue weighted by molar-refractivity contribution is 8.00. The number of carboxylic acid groups (broad SMARTS) is 1. The van der Waals surface area contributed by atoms with E-state index in [0.29, 0.717) is 16.2 Å². The van der Waals surface area contributed by atoms with Crippen LogP contribution in [0.1, 0.15) is 23.7 Å². The van der Waals surface area contributed by atoms with Crippen LogP contribution in [0.25, 0.3) is 0 Å². The maximum atomic E-state index is 12.6. The molecule has 1 aliphatic rings. The van der Waals surface area contributed by atoms with Gasteiger partial charge < -0.3 is 10.0 Å². The SMILES string of the molecule is CC[C@H]1SC[C@@H](C(=O)O)N1C(=O)c1ccccc1S. The van der Waals surface area contributed by atoms with Crippen LogP contribution in [0.3, 0.4) is 0 Å². The lowest BCUT2D eigenvalue weighted by Crippen LogP contribution is -2.45. The van der Waals surface area contributed by atoms with E-state index in [4.69, 9.17) is 0 Å². The van der Waals surface area contributed by atoms with E-state index in [0.717, 1.165) is 6.42 Å². The van der Waals surface area contributed by atoms with Crippen molar-refractivity contribution in [1.29, 1.82) is 0 Å². The van der Waals surface area contributed by atoms with Crippen LogP contribution in [-0.4, -0.2) is 39.1 Å². The second-order valence-electron chi connectivity index (χ2n) is 4.28. The maximum Gasteiger partial charge on any atom is 0.327 e. The summed E-state index contributed by atoms with van der Waals surface area (Å²) in [6.45, 7) is 1.95. The Morgan fingerprint density at radius 2 is 2.16 bits per heavy atom. The fourth-order valence-corrected chi connectivity index (χ4v) is 3.74. The zero-order chi connectivity index (χ0) is 14.0. The van der Waals surface area contributed by atoms with Gasteiger partial charge in [0.05, 0.1) is 10.9 Å². The number of carbonyl (C=O) groups excluding carboxylic acids is 1. The smallest absolute Gasteiger partial charge is 0.327 e. The number of carbonyl (C=O) groups is 2. The van der Waals surface area contributed by atoms with Gasteiger partial charge in [-0.15, -0.1) is 24.4 Å². The summed E-state index contributed by atoms with van der Waals surface area (Å²) < 4.78 is 0. The molecule has 1 amide bonds. The molecule has 0 aromatic heterocycles. The summed E-state index contributed by atoms with van der Waals surface area (Å²) in [6.07, 6.45) is 0.731. The number of hydrogen-bond donors (Lipinski definition) is 2. The van der Waals surface area contributed by atoms with Crippen LogP contribution in [0.2, 0.25) is 0 Å². The van der Waals surface area contributed by atoms with E-state index in [9.17, 15) is 14.7 Å². The van der Waals surface area contributed by atoms with Crippen LogP contribution in [0.5, 0.6) is 0 Å². The first kappa shape index (κ1) is 14.3. The van der Waals surface area contributed by atoms with Crippen molar-refractivity contribution in [2.24, 2.45) is 0 Å². The first-order chi connectivity index (χ1) is 9.06. The zero-order valence-corrected chi connectivity index (χ0v) is 12.2. The van der Waals surface area contributed by atoms with Crippen molar-refractivity contribution in [2.45, 2.75) is 29.7 Å². The summed E-state index contributed by atoms with van der Waals surface area (Å²) in [7, 11) is 0. The van der Waals surface area contributed by atoms with Crippen molar-refractivity contribution in [2.75, 3.05) is 5.75 Å². The van der Waals surface area contributed by atoms with Gasteiger partial charge in [-0.1, -0.05) is 19.1 Å². The van der Waals surface area contributed by atoms with Gasteiger partial charge in [-0.2, -0.15) is 0 Å². The molecule has 0 radical (unpaired) electrons. The normalized spacial score (nSPS) is 22.5. The van der Waals surface area contributed by atoms with Gasteiger partial charge in [0.1, 0.15) is 6.04 Å². The summed E-state index contributed by atoms with van der Waals surface area (Å²) in [5.41, 5.74) is 0.457. The molecule has 0 spiro atoms. The lowest BCUT2D eigenvalue weighted by molar-refractivity contribution is -0.141. The minimum absolute atomic E-state index is 0.0819. The summed E-state index contributed by atoms with van der Waals surface area (Å²) in [5.74, 6) is -0.766. The highest BCUT2D eigenvalue weighted by Crippen LogP contribution is 2.33. The number of thiol groups is 1. The van der Waals surface area contributed by atoms with Crippen LogP contribution in [0.4, 0.5) is 0 Å². The molecule has 1 saturated heterocycles. The lowest BCUT2D eigenvalue weighted by Gasteiger charge is -2.27. The number of benzene rings is 1. The fourth-order valence-electron chi connectivity index (χ4n) is 2.13. The number of carboxylic acids is 1. The molecule has 6 heteroatoms. The number of nitrogens with zero attached hydrogens (tertiary/aromatic N) is 1. The quantitative estimate of drug-likeness (QED) is 0.841. The van der Waals surface area contributed by atoms with Crippen LogP contribution >= 0.6 is 24.4 Å². The third kappa shape index (κ3) is 2.74. The van der Waals surface area contributed by atoms with E-state index in [-0.39, 0.29) is 11.3 Å². The molecule has 1 heterocycles. The molecule has 1 aromatic carbocycles. The molecule has 2 rings (SSSR count). The Balaban J connectivity index is 2.34. The highest BCUT2D eigenvalue weighted by Gasteiger charge is 2.41. The van der Waals surface area contributed by atoms with Crippen molar-refractivity contribution in [1.82, 2.24) is 4.90 Å².